The molecule has 64 valence electrons. The summed E-state index contributed by atoms with van der Waals surface area (Å²) in [6.07, 6.45) is 5.79. The molecule has 11 heavy (non-hydrogen) atoms. The molecule has 0 amide bonds. The molecule has 2 N–H and O–H groups in total. The summed E-state index contributed by atoms with van der Waals surface area (Å²) in [5, 5.41) is 5.53. The molecule has 1 heterocycles. The first-order valence-electron chi connectivity index (χ1n) is 4.52. The molecule has 1 saturated heterocycles. The molecule has 0 aromatic carbocycles. The maximum atomic E-state index is 5.53. The largest absolute Gasteiger partial charge is 0.264 e. The summed E-state index contributed by atoms with van der Waals surface area (Å²) in [7, 11) is 0. The third-order valence-corrected chi connectivity index (χ3v) is 3.69. The zero-order valence-corrected chi connectivity index (χ0v) is 7.65. The summed E-state index contributed by atoms with van der Waals surface area (Å²) >= 11 is 1.43. The molecule has 2 rings (SSSR count). The maximum Gasteiger partial charge on any atom is 0.0133 e. The van der Waals surface area contributed by atoms with E-state index in [1.807, 2.05) is 0 Å². The molecule has 2 atom stereocenters. The van der Waals surface area contributed by atoms with E-state index in [2.05, 4.69) is 4.31 Å². The third kappa shape index (κ3) is 1.55. The summed E-state index contributed by atoms with van der Waals surface area (Å²) in [4.78, 5) is 0. The van der Waals surface area contributed by atoms with Gasteiger partial charge in [0.1, 0.15) is 0 Å². The Bertz CT molecular complexity index is 126. The average molecular weight is 172 g/mol. The van der Waals surface area contributed by atoms with Crippen molar-refractivity contribution in [2.24, 2.45) is 17.0 Å². The fourth-order valence-electron chi connectivity index (χ4n) is 2.45. The molecule has 2 aliphatic rings. The van der Waals surface area contributed by atoms with Gasteiger partial charge < -0.3 is 0 Å². The lowest BCUT2D eigenvalue weighted by molar-refractivity contribution is 0.299. The minimum atomic E-state index is 0.972. The van der Waals surface area contributed by atoms with Crippen LogP contribution in [0.3, 0.4) is 0 Å². The van der Waals surface area contributed by atoms with Gasteiger partial charge in [0.2, 0.25) is 0 Å². The van der Waals surface area contributed by atoms with E-state index in [1.54, 1.807) is 0 Å². The molecule has 0 radical (unpaired) electrons. The van der Waals surface area contributed by atoms with Crippen LogP contribution in [0.2, 0.25) is 0 Å². The van der Waals surface area contributed by atoms with Gasteiger partial charge in [-0.15, -0.1) is 0 Å². The predicted octanol–water partition coefficient (Wildman–Crippen LogP) is 1.63. The van der Waals surface area contributed by atoms with Crippen LogP contribution in [0.5, 0.6) is 0 Å². The second kappa shape index (κ2) is 3.33. The number of fused-ring (bicyclic) bond motifs is 1. The highest BCUT2D eigenvalue weighted by Crippen LogP contribution is 2.37. The SMILES string of the molecule is NSN1CC2CCCCC2C1. The number of nitrogens with two attached hydrogens (primary N) is 1. The van der Waals surface area contributed by atoms with Crippen molar-refractivity contribution >= 4 is 12.1 Å². The molecule has 0 aromatic rings. The van der Waals surface area contributed by atoms with Gasteiger partial charge in [0.25, 0.3) is 0 Å². The quantitative estimate of drug-likeness (QED) is 0.610. The van der Waals surface area contributed by atoms with Crippen molar-refractivity contribution in [2.45, 2.75) is 25.7 Å². The summed E-state index contributed by atoms with van der Waals surface area (Å²) in [5.41, 5.74) is 0. The van der Waals surface area contributed by atoms with E-state index >= 15 is 0 Å². The Morgan fingerprint density at radius 1 is 1.09 bits per heavy atom. The lowest BCUT2D eigenvalue weighted by atomic mass is 9.82. The molecule has 0 aromatic heterocycles. The molecule has 1 aliphatic carbocycles. The molecule has 3 heteroatoms. The van der Waals surface area contributed by atoms with E-state index in [1.165, 1.54) is 50.9 Å². The van der Waals surface area contributed by atoms with Crippen LogP contribution in [0.15, 0.2) is 0 Å². The van der Waals surface area contributed by atoms with Crippen LogP contribution in [-0.4, -0.2) is 17.4 Å². The van der Waals surface area contributed by atoms with E-state index in [-0.39, 0.29) is 0 Å². The standard InChI is InChI=1S/C8H16N2S/c9-11-10-5-7-3-1-2-4-8(7)6-10/h7-8H,1-6,9H2. The van der Waals surface area contributed by atoms with Gasteiger partial charge >= 0.3 is 0 Å². The lowest BCUT2D eigenvalue weighted by Crippen LogP contribution is -2.16. The molecule has 0 spiro atoms. The van der Waals surface area contributed by atoms with Crippen molar-refractivity contribution in [1.29, 1.82) is 0 Å². The zero-order chi connectivity index (χ0) is 7.68. The highest BCUT2D eigenvalue weighted by atomic mass is 32.2. The molecule has 2 unspecified atom stereocenters. The van der Waals surface area contributed by atoms with Gasteiger partial charge in [0.05, 0.1) is 0 Å². The molecule has 1 saturated carbocycles. The van der Waals surface area contributed by atoms with Crippen molar-refractivity contribution in [3.8, 4) is 0 Å². The van der Waals surface area contributed by atoms with Gasteiger partial charge in [0, 0.05) is 25.2 Å². The Morgan fingerprint density at radius 3 is 2.09 bits per heavy atom. The number of rotatable bonds is 1. The van der Waals surface area contributed by atoms with E-state index < -0.39 is 0 Å². The fourth-order valence-corrected chi connectivity index (χ4v) is 3.00. The van der Waals surface area contributed by atoms with E-state index in [9.17, 15) is 0 Å². The number of hydrogen-bond acceptors (Lipinski definition) is 3. The summed E-state index contributed by atoms with van der Waals surface area (Å²) in [6, 6.07) is 0. The molecule has 2 nitrogen and oxygen atoms in total. The first-order valence-corrected chi connectivity index (χ1v) is 5.35. The van der Waals surface area contributed by atoms with Crippen molar-refractivity contribution in [1.82, 2.24) is 4.31 Å². The second-order valence-corrected chi connectivity index (χ2v) is 4.48. The van der Waals surface area contributed by atoms with Gasteiger partial charge in [-0.1, -0.05) is 12.8 Å². The first kappa shape index (κ1) is 7.90. The fraction of sp³-hybridized carbons (Fsp3) is 1.00. The van der Waals surface area contributed by atoms with E-state index in [0.717, 1.165) is 11.8 Å². The minimum absolute atomic E-state index is 0.972. The van der Waals surface area contributed by atoms with Crippen LogP contribution in [0.1, 0.15) is 25.7 Å². The molecular weight excluding hydrogens is 156 g/mol. The molecule has 2 fully saturated rings. The van der Waals surface area contributed by atoms with E-state index in [0.29, 0.717) is 0 Å². The predicted molar refractivity (Wildman–Crippen MR) is 48.8 cm³/mol. The summed E-state index contributed by atoms with van der Waals surface area (Å²) < 4.78 is 2.32. The van der Waals surface area contributed by atoms with Gasteiger partial charge in [-0.3, -0.25) is 5.14 Å². The molecular formula is C8H16N2S. The lowest BCUT2D eigenvalue weighted by Gasteiger charge is -2.22. The summed E-state index contributed by atoms with van der Waals surface area (Å²) in [5.74, 6) is 1.94. The van der Waals surface area contributed by atoms with Crippen LogP contribution in [-0.2, 0) is 0 Å². The van der Waals surface area contributed by atoms with Gasteiger partial charge in [-0.05, 0) is 24.7 Å². The first-order chi connectivity index (χ1) is 5.40. The van der Waals surface area contributed by atoms with Crippen LogP contribution in [0, 0.1) is 11.8 Å². The Kier molecular flexibility index (Phi) is 2.39. The van der Waals surface area contributed by atoms with Gasteiger partial charge in [-0.2, -0.15) is 0 Å². The van der Waals surface area contributed by atoms with Gasteiger partial charge in [0.15, 0.2) is 0 Å². The highest BCUT2D eigenvalue weighted by molar-refractivity contribution is 7.94. The monoisotopic (exact) mass is 172 g/mol. The summed E-state index contributed by atoms with van der Waals surface area (Å²) in [6.45, 7) is 2.48. The topological polar surface area (TPSA) is 29.3 Å². The Balaban J connectivity index is 1.92. The average Bonchev–Trinajstić information content (AvgIpc) is 2.46. The number of nitrogens with zero attached hydrogens (tertiary/aromatic N) is 1. The van der Waals surface area contributed by atoms with Gasteiger partial charge in [-0.25, -0.2) is 4.31 Å². The van der Waals surface area contributed by atoms with Crippen LogP contribution in [0.25, 0.3) is 0 Å². The molecule has 1 aliphatic heterocycles. The maximum absolute atomic E-state index is 5.53. The smallest absolute Gasteiger partial charge is 0.0133 e. The number of hydrogen-bond donors (Lipinski definition) is 1. The van der Waals surface area contributed by atoms with Crippen molar-refractivity contribution < 1.29 is 0 Å². The zero-order valence-electron chi connectivity index (χ0n) is 6.83. The van der Waals surface area contributed by atoms with E-state index in [4.69, 9.17) is 5.14 Å². The van der Waals surface area contributed by atoms with Crippen molar-refractivity contribution in [2.75, 3.05) is 13.1 Å². The van der Waals surface area contributed by atoms with Crippen LogP contribution >= 0.6 is 12.1 Å². The van der Waals surface area contributed by atoms with Crippen LogP contribution in [0.4, 0.5) is 0 Å². The van der Waals surface area contributed by atoms with Crippen molar-refractivity contribution in [3.05, 3.63) is 0 Å². The Hall–Kier alpha value is 0.270. The third-order valence-electron chi connectivity index (χ3n) is 3.09. The Morgan fingerprint density at radius 2 is 1.64 bits per heavy atom. The normalized spacial score (nSPS) is 39.0. The van der Waals surface area contributed by atoms with Crippen molar-refractivity contribution in [3.63, 3.8) is 0 Å². The highest BCUT2D eigenvalue weighted by Gasteiger charge is 2.33. The minimum Gasteiger partial charge on any atom is -0.264 e. The molecule has 0 bridgehead atoms. The second-order valence-electron chi connectivity index (χ2n) is 3.76. The Labute approximate surface area is 72.8 Å². The van der Waals surface area contributed by atoms with Crippen LogP contribution < -0.4 is 5.14 Å².